The average Bonchev–Trinajstić information content (AvgIpc) is 2.71. The van der Waals surface area contributed by atoms with Crippen molar-refractivity contribution < 1.29 is 10.1 Å². The van der Waals surface area contributed by atoms with Gasteiger partial charge in [-0.05, 0) is 29.3 Å². The van der Waals surface area contributed by atoms with Crippen LogP contribution in [0.1, 0.15) is 11.1 Å². The first kappa shape index (κ1) is 12.9. The number of rotatable bonds is 1. The van der Waals surface area contributed by atoms with Gasteiger partial charge in [0, 0.05) is 23.3 Å². The van der Waals surface area contributed by atoms with Gasteiger partial charge in [-0.15, -0.1) is 0 Å². The van der Waals surface area contributed by atoms with Crippen LogP contribution in [0.2, 0.25) is 10.0 Å². The van der Waals surface area contributed by atoms with E-state index >= 15 is 0 Å². The van der Waals surface area contributed by atoms with Gasteiger partial charge >= 0.3 is 0 Å². The quantitative estimate of drug-likeness (QED) is 0.417. The Kier molecular flexibility index (Phi) is 2.88. The standard InChI is InChI=1S/C13H6Cl2N2O3/c14-11-4-8-7-2-1-6(17(19)20)3-9(7)13(16-18)10(8)5-12(11)15/h1-5,18H/b16-13-. The van der Waals surface area contributed by atoms with Gasteiger partial charge in [0.15, 0.2) is 0 Å². The van der Waals surface area contributed by atoms with Crippen molar-refractivity contribution in [3.63, 3.8) is 0 Å². The number of oxime groups is 1. The molecule has 1 N–H and O–H groups in total. The Morgan fingerprint density at radius 2 is 1.60 bits per heavy atom. The van der Waals surface area contributed by atoms with Crippen molar-refractivity contribution in [2.24, 2.45) is 5.16 Å². The molecular weight excluding hydrogens is 303 g/mol. The molecule has 3 rings (SSSR count). The second kappa shape index (κ2) is 4.47. The van der Waals surface area contributed by atoms with Gasteiger partial charge < -0.3 is 5.21 Å². The number of nitro groups is 1. The molecule has 20 heavy (non-hydrogen) atoms. The second-order valence-electron chi connectivity index (χ2n) is 4.25. The van der Waals surface area contributed by atoms with Crippen molar-refractivity contribution in [2.75, 3.05) is 0 Å². The molecule has 0 bridgehead atoms. The van der Waals surface area contributed by atoms with Crippen LogP contribution in [0.4, 0.5) is 5.69 Å². The lowest BCUT2D eigenvalue weighted by atomic mass is 10.1. The van der Waals surface area contributed by atoms with Gasteiger partial charge in [0.25, 0.3) is 5.69 Å². The molecule has 2 aromatic rings. The molecule has 0 saturated carbocycles. The molecule has 0 aromatic heterocycles. The molecule has 2 aromatic carbocycles. The number of hydrogen-bond acceptors (Lipinski definition) is 4. The second-order valence-corrected chi connectivity index (χ2v) is 5.06. The van der Waals surface area contributed by atoms with Gasteiger partial charge in [-0.25, -0.2) is 0 Å². The summed E-state index contributed by atoms with van der Waals surface area (Å²) in [5, 5.41) is 24.0. The predicted octanol–water partition coefficient (Wildman–Crippen LogP) is 4.11. The van der Waals surface area contributed by atoms with Crippen molar-refractivity contribution in [2.45, 2.75) is 0 Å². The van der Waals surface area contributed by atoms with Crippen LogP contribution in [0.3, 0.4) is 0 Å². The fourth-order valence-corrected chi connectivity index (χ4v) is 2.62. The van der Waals surface area contributed by atoms with Gasteiger partial charge in [-0.1, -0.05) is 28.4 Å². The number of benzene rings is 2. The summed E-state index contributed by atoms with van der Waals surface area (Å²) < 4.78 is 0. The van der Waals surface area contributed by atoms with Crippen LogP contribution in [0.15, 0.2) is 35.5 Å². The molecule has 0 aliphatic heterocycles. The highest BCUT2D eigenvalue weighted by Gasteiger charge is 2.28. The zero-order chi connectivity index (χ0) is 14.4. The lowest BCUT2D eigenvalue weighted by molar-refractivity contribution is -0.384. The van der Waals surface area contributed by atoms with Gasteiger partial charge in [0.05, 0.1) is 15.0 Å². The van der Waals surface area contributed by atoms with Crippen LogP contribution in [0.5, 0.6) is 0 Å². The fraction of sp³-hybridized carbons (Fsp3) is 0. The molecule has 1 aliphatic carbocycles. The van der Waals surface area contributed by atoms with E-state index in [1.54, 1.807) is 18.2 Å². The zero-order valence-corrected chi connectivity index (χ0v) is 11.3. The number of nitrogens with zero attached hydrogens (tertiary/aromatic N) is 2. The Balaban J connectivity index is 2.32. The minimum absolute atomic E-state index is 0.0742. The zero-order valence-electron chi connectivity index (χ0n) is 9.80. The van der Waals surface area contributed by atoms with Gasteiger partial charge in [0.1, 0.15) is 5.71 Å². The smallest absolute Gasteiger partial charge is 0.270 e. The third-order valence-corrected chi connectivity index (χ3v) is 3.90. The largest absolute Gasteiger partial charge is 0.410 e. The highest BCUT2D eigenvalue weighted by Crippen LogP contribution is 2.42. The van der Waals surface area contributed by atoms with Crippen LogP contribution in [0, 0.1) is 10.1 Å². The van der Waals surface area contributed by atoms with E-state index in [4.69, 9.17) is 23.2 Å². The van der Waals surface area contributed by atoms with E-state index in [2.05, 4.69) is 5.16 Å². The minimum atomic E-state index is -0.502. The summed E-state index contributed by atoms with van der Waals surface area (Å²) in [6.07, 6.45) is 0. The predicted molar refractivity (Wildman–Crippen MR) is 76.0 cm³/mol. The first-order valence-electron chi connectivity index (χ1n) is 5.53. The molecule has 0 heterocycles. The number of nitro benzene ring substituents is 1. The lowest BCUT2D eigenvalue weighted by Crippen LogP contribution is -1.99. The van der Waals surface area contributed by atoms with E-state index in [9.17, 15) is 15.3 Å². The van der Waals surface area contributed by atoms with Crippen molar-refractivity contribution >= 4 is 34.6 Å². The third-order valence-electron chi connectivity index (χ3n) is 3.17. The summed E-state index contributed by atoms with van der Waals surface area (Å²) in [6.45, 7) is 0. The van der Waals surface area contributed by atoms with Gasteiger partial charge in [-0.3, -0.25) is 10.1 Å². The molecule has 0 saturated heterocycles. The number of halogens is 2. The number of non-ortho nitro benzene ring substituents is 1. The van der Waals surface area contributed by atoms with Crippen molar-refractivity contribution in [1.29, 1.82) is 0 Å². The van der Waals surface area contributed by atoms with Crippen molar-refractivity contribution in [1.82, 2.24) is 0 Å². The maximum absolute atomic E-state index is 10.8. The molecule has 7 heteroatoms. The summed E-state index contributed by atoms with van der Waals surface area (Å²) in [4.78, 5) is 10.3. The summed E-state index contributed by atoms with van der Waals surface area (Å²) in [7, 11) is 0. The molecule has 0 amide bonds. The Hall–Kier alpha value is -2.11. The van der Waals surface area contributed by atoms with Crippen molar-refractivity contribution in [3.8, 4) is 11.1 Å². The normalized spacial score (nSPS) is 14.2. The van der Waals surface area contributed by atoms with E-state index < -0.39 is 4.92 Å². The summed E-state index contributed by atoms with van der Waals surface area (Å²) >= 11 is 12.0. The fourth-order valence-electron chi connectivity index (χ4n) is 2.29. The molecule has 1 aliphatic rings. The Bertz CT molecular complexity index is 787. The van der Waals surface area contributed by atoms with E-state index in [0.717, 1.165) is 11.1 Å². The van der Waals surface area contributed by atoms with Gasteiger partial charge in [-0.2, -0.15) is 0 Å². The molecular formula is C13H6Cl2N2O3. The highest BCUT2D eigenvalue weighted by atomic mass is 35.5. The summed E-state index contributed by atoms with van der Waals surface area (Å²) in [6, 6.07) is 7.61. The van der Waals surface area contributed by atoms with Gasteiger partial charge in [0.2, 0.25) is 0 Å². The van der Waals surface area contributed by atoms with Crippen LogP contribution < -0.4 is 0 Å². The molecule has 5 nitrogen and oxygen atoms in total. The first-order chi connectivity index (χ1) is 9.52. The van der Waals surface area contributed by atoms with E-state index in [0.29, 0.717) is 21.2 Å². The number of hydrogen-bond donors (Lipinski definition) is 1. The third kappa shape index (κ3) is 1.75. The maximum Gasteiger partial charge on any atom is 0.270 e. The summed E-state index contributed by atoms with van der Waals surface area (Å²) in [5.74, 6) is 0. The van der Waals surface area contributed by atoms with Crippen molar-refractivity contribution in [3.05, 3.63) is 61.6 Å². The number of fused-ring (bicyclic) bond motifs is 3. The molecule has 0 radical (unpaired) electrons. The lowest BCUT2D eigenvalue weighted by Gasteiger charge is -2.02. The molecule has 0 spiro atoms. The van der Waals surface area contributed by atoms with Crippen LogP contribution >= 0.6 is 23.2 Å². The Labute approximate surface area is 123 Å². The highest BCUT2D eigenvalue weighted by molar-refractivity contribution is 6.43. The Morgan fingerprint density at radius 1 is 1.00 bits per heavy atom. The maximum atomic E-state index is 10.8. The molecule has 0 unspecified atom stereocenters. The monoisotopic (exact) mass is 308 g/mol. The Morgan fingerprint density at radius 3 is 2.20 bits per heavy atom. The summed E-state index contributed by atoms with van der Waals surface area (Å²) in [5.41, 5.74) is 2.70. The van der Waals surface area contributed by atoms with Crippen LogP contribution in [0.25, 0.3) is 11.1 Å². The van der Waals surface area contributed by atoms with E-state index in [-0.39, 0.29) is 11.4 Å². The van der Waals surface area contributed by atoms with E-state index in [1.165, 1.54) is 12.1 Å². The van der Waals surface area contributed by atoms with E-state index in [1.807, 2.05) is 0 Å². The van der Waals surface area contributed by atoms with Crippen LogP contribution in [-0.2, 0) is 0 Å². The molecule has 0 fully saturated rings. The minimum Gasteiger partial charge on any atom is -0.410 e. The topological polar surface area (TPSA) is 75.7 Å². The van der Waals surface area contributed by atoms with Crippen LogP contribution in [-0.4, -0.2) is 15.8 Å². The first-order valence-corrected chi connectivity index (χ1v) is 6.29. The SMILES string of the molecule is O=[N+]([O-])c1ccc2c(c1)/C(=N/O)c1cc(Cl)c(Cl)cc1-2. The molecule has 0 atom stereocenters. The average molecular weight is 309 g/mol. The molecule has 100 valence electrons.